The number of nitrogens with one attached hydrogen (secondary N) is 2. The van der Waals surface area contributed by atoms with Crippen LogP contribution in [0, 0.1) is 6.92 Å². The van der Waals surface area contributed by atoms with Crippen molar-refractivity contribution < 1.29 is 8.42 Å². The quantitative estimate of drug-likeness (QED) is 0.540. The van der Waals surface area contributed by atoms with Gasteiger partial charge in [-0.15, -0.1) is 0 Å². The molecule has 0 bridgehead atoms. The molecule has 0 amide bonds. The Kier molecular flexibility index (Phi) is 7.28. The molecule has 0 aliphatic carbocycles. The highest BCUT2D eigenvalue weighted by molar-refractivity contribution is 7.89. The van der Waals surface area contributed by atoms with Gasteiger partial charge >= 0.3 is 0 Å². The fraction of sp³-hybridized carbons (Fsp3) is 0.409. The summed E-state index contributed by atoms with van der Waals surface area (Å²) in [5, 5.41) is 6.61. The molecule has 0 saturated carbocycles. The van der Waals surface area contributed by atoms with Crippen LogP contribution in [0.3, 0.4) is 0 Å². The van der Waals surface area contributed by atoms with Gasteiger partial charge in [0.1, 0.15) is 0 Å². The van der Waals surface area contributed by atoms with Gasteiger partial charge in [-0.3, -0.25) is 0 Å². The van der Waals surface area contributed by atoms with Gasteiger partial charge in [-0.1, -0.05) is 36.4 Å². The second kappa shape index (κ2) is 9.89. The SMILES string of the molecule is CCNC(=NCc1ccc(S(=O)(=O)N2CCCC2)cc1)NCc1ccccc1C. The van der Waals surface area contributed by atoms with Crippen molar-refractivity contribution in [3.8, 4) is 0 Å². The molecular formula is C22H30N4O2S. The number of guanidine groups is 1. The van der Waals surface area contributed by atoms with Crippen molar-refractivity contribution in [1.29, 1.82) is 0 Å². The molecule has 156 valence electrons. The minimum Gasteiger partial charge on any atom is -0.357 e. The third-order valence-corrected chi connectivity index (χ3v) is 7.01. The molecule has 1 aliphatic rings. The first kappa shape index (κ1) is 21.3. The Labute approximate surface area is 174 Å². The van der Waals surface area contributed by atoms with Gasteiger partial charge in [-0.25, -0.2) is 13.4 Å². The van der Waals surface area contributed by atoms with E-state index in [-0.39, 0.29) is 0 Å². The summed E-state index contributed by atoms with van der Waals surface area (Å²) in [6, 6.07) is 15.3. The van der Waals surface area contributed by atoms with Gasteiger partial charge in [-0.05, 0) is 55.5 Å². The largest absolute Gasteiger partial charge is 0.357 e. The zero-order valence-electron chi connectivity index (χ0n) is 17.2. The highest BCUT2D eigenvalue weighted by Crippen LogP contribution is 2.21. The molecule has 2 N–H and O–H groups in total. The summed E-state index contributed by atoms with van der Waals surface area (Å²) in [5.74, 6) is 0.740. The average molecular weight is 415 g/mol. The molecule has 1 fully saturated rings. The summed E-state index contributed by atoms with van der Waals surface area (Å²) < 4.78 is 26.8. The van der Waals surface area contributed by atoms with E-state index in [0.717, 1.165) is 30.9 Å². The molecule has 7 heteroatoms. The van der Waals surface area contributed by atoms with E-state index in [2.05, 4.69) is 34.7 Å². The van der Waals surface area contributed by atoms with Crippen molar-refractivity contribution in [3.63, 3.8) is 0 Å². The third kappa shape index (κ3) is 5.58. The Balaban J connectivity index is 1.64. The van der Waals surface area contributed by atoms with E-state index in [1.165, 1.54) is 11.1 Å². The Bertz CT molecular complexity index is 934. The standard InChI is InChI=1S/C22H30N4O2S/c1-3-23-22(25-17-20-9-5-4-8-18(20)2)24-16-19-10-12-21(13-11-19)29(27,28)26-14-6-7-15-26/h4-5,8-13H,3,6-7,14-17H2,1-2H3,(H2,23,24,25). The number of hydrogen-bond donors (Lipinski definition) is 2. The Morgan fingerprint density at radius 3 is 2.38 bits per heavy atom. The van der Waals surface area contributed by atoms with Gasteiger partial charge in [-0.2, -0.15) is 4.31 Å². The topological polar surface area (TPSA) is 73.8 Å². The zero-order chi connectivity index (χ0) is 20.7. The van der Waals surface area contributed by atoms with E-state index >= 15 is 0 Å². The lowest BCUT2D eigenvalue weighted by Crippen LogP contribution is -2.36. The van der Waals surface area contributed by atoms with Crippen LogP contribution in [0.25, 0.3) is 0 Å². The van der Waals surface area contributed by atoms with Crippen LogP contribution in [0.5, 0.6) is 0 Å². The minimum atomic E-state index is -3.37. The number of benzene rings is 2. The van der Waals surface area contributed by atoms with Crippen LogP contribution < -0.4 is 10.6 Å². The van der Waals surface area contributed by atoms with Gasteiger partial charge in [0.05, 0.1) is 11.4 Å². The molecule has 6 nitrogen and oxygen atoms in total. The highest BCUT2D eigenvalue weighted by Gasteiger charge is 2.26. The zero-order valence-corrected chi connectivity index (χ0v) is 18.0. The number of sulfonamides is 1. The van der Waals surface area contributed by atoms with E-state index in [0.29, 0.717) is 31.1 Å². The maximum absolute atomic E-state index is 12.6. The maximum atomic E-state index is 12.6. The van der Waals surface area contributed by atoms with Crippen molar-refractivity contribution >= 4 is 16.0 Å². The van der Waals surface area contributed by atoms with Crippen LogP contribution >= 0.6 is 0 Å². The first-order valence-electron chi connectivity index (χ1n) is 10.2. The lowest BCUT2D eigenvalue weighted by molar-refractivity contribution is 0.477. The normalized spacial score (nSPS) is 15.4. The summed E-state index contributed by atoms with van der Waals surface area (Å²) in [5.41, 5.74) is 3.44. The first-order valence-corrected chi connectivity index (χ1v) is 11.6. The van der Waals surface area contributed by atoms with Crippen LogP contribution in [-0.4, -0.2) is 38.3 Å². The second-order valence-corrected chi connectivity index (χ2v) is 9.17. The summed E-state index contributed by atoms with van der Waals surface area (Å²) in [6.45, 7) is 7.31. The number of rotatable bonds is 7. The number of nitrogens with zero attached hydrogens (tertiary/aromatic N) is 2. The minimum absolute atomic E-state index is 0.358. The van der Waals surface area contributed by atoms with Crippen molar-refractivity contribution in [1.82, 2.24) is 14.9 Å². The van der Waals surface area contributed by atoms with Crippen LogP contribution in [-0.2, 0) is 23.1 Å². The summed E-state index contributed by atoms with van der Waals surface area (Å²) in [7, 11) is -3.37. The van der Waals surface area contributed by atoms with Gasteiger partial charge in [0.2, 0.25) is 10.0 Å². The molecule has 0 radical (unpaired) electrons. The predicted molar refractivity (Wildman–Crippen MR) is 117 cm³/mol. The summed E-state index contributed by atoms with van der Waals surface area (Å²) in [6.07, 6.45) is 1.88. The molecule has 1 saturated heterocycles. The molecule has 1 aliphatic heterocycles. The average Bonchev–Trinajstić information content (AvgIpc) is 3.27. The summed E-state index contributed by atoms with van der Waals surface area (Å²) in [4.78, 5) is 4.99. The van der Waals surface area contributed by atoms with Gasteiger partial charge < -0.3 is 10.6 Å². The van der Waals surface area contributed by atoms with E-state index in [4.69, 9.17) is 0 Å². The smallest absolute Gasteiger partial charge is 0.243 e. The molecule has 0 aromatic heterocycles. The van der Waals surface area contributed by atoms with E-state index in [9.17, 15) is 8.42 Å². The summed E-state index contributed by atoms with van der Waals surface area (Å²) >= 11 is 0. The molecule has 1 heterocycles. The first-order chi connectivity index (χ1) is 14.0. The molecule has 2 aromatic carbocycles. The molecule has 0 unspecified atom stereocenters. The molecule has 29 heavy (non-hydrogen) atoms. The third-order valence-electron chi connectivity index (χ3n) is 5.10. The van der Waals surface area contributed by atoms with Crippen molar-refractivity contribution in [2.75, 3.05) is 19.6 Å². The predicted octanol–water partition coefficient (Wildman–Crippen LogP) is 3.03. The lowest BCUT2D eigenvalue weighted by atomic mass is 10.1. The number of aliphatic imine (C=N–C) groups is 1. The molecule has 3 rings (SSSR count). The Morgan fingerprint density at radius 1 is 1.03 bits per heavy atom. The Hall–Kier alpha value is -2.38. The number of hydrogen-bond acceptors (Lipinski definition) is 3. The molecule has 2 aromatic rings. The highest BCUT2D eigenvalue weighted by atomic mass is 32.2. The van der Waals surface area contributed by atoms with Crippen molar-refractivity contribution in [3.05, 3.63) is 65.2 Å². The fourth-order valence-electron chi connectivity index (χ4n) is 3.34. The van der Waals surface area contributed by atoms with Crippen molar-refractivity contribution in [2.24, 2.45) is 4.99 Å². The second-order valence-electron chi connectivity index (χ2n) is 7.23. The van der Waals surface area contributed by atoms with Crippen LogP contribution in [0.1, 0.15) is 36.5 Å². The van der Waals surface area contributed by atoms with Crippen LogP contribution in [0.2, 0.25) is 0 Å². The Morgan fingerprint density at radius 2 is 1.72 bits per heavy atom. The van der Waals surface area contributed by atoms with E-state index in [1.54, 1.807) is 16.4 Å². The molecular weight excluding hydrogens is 384 g/mol. The molecule has 0 spiro atoms. The molecule has 0 atom stereocenters. The van der Waals surface area contributed by atoms with Gasteiger partial charge in [0, 0.05) is 26.2 Å². The van der Waals surface area contributed by atoms with E-state index in [1.807, 2.05) is 31.2 Å². The fourth-order valence-corrected chi connectivity index (χ4v) is 4.86. The lowest BCUT2D eigenvalue weighted by Gasteiger charge is -2.15. The van der Waals surface area contributed by atoms with Crippen LogP contribution in [0.15, 0.2) is 58.4 Å². The van der Waals surface area contributed by atoms with Gasteiger partial charge in [0.25, 0.3) is 0 Å². The van der Waals surface area contributed by atoms with Crippen LogP contribution in [0.4, 0.5) is 0 Å². The number of aryl methyl sites for hydroxylation is 1. The van der Waals surface area contributed by atoms with Crippen molar-refractivity contribution in [2.45, 2.75) is 44.7 Å². The van der Waals surface area contributed by atoms with Gasteiger partial charge in [0.15, 0.2) is 5.96 Å². The maximum Gasteiger partial charge on any atom is 0.243 e. The monoisotopic (exact) mass is 414 g/mol. The van der Waals surface area contributed by atoms with E-state index < -0.39 is 10.0 Å².